The van der Waals surface area contributed by atoms with E-state index in [0.717, 1.165) is 12.8 Å². The quantitative estimate of drug-likeness (QED) is 0.764. The zero-order chi connectivity index (χ0) is 11.1. The number of hydrogen-bond acceptors (Lipinski definition) is 2. The van der Waals surface area contributed by atoms with Crippen LogP contribution in [-0.4, -0.2) is 12.0 Å². The summed E-state index contributed by atoms with van der Waals surface area (Å²) in [5, 5.41) is 3.08. The van der Waals surface area contributed by atoms with Crippen LogP contribution in [0.4, 0.5) is 4.39 Å². The maximum atomic E-state index is 13.4. The molecule has 0 radical (unpaired) electrons. The highest BCUT2D eigenvalue weighted by atomic mass is 19.1. The number of rotatable bonds is 4. The van der Waals surface area contributed by atoms with Crippen molar-refractivity contribution in [1.29, 1.82) is 0 Å². The summed E-state index contributed by atoms with van der Waals surface area (Å²) in [7, 11) is 1.82. The fourth-order valence-electron chi connectivity index (χ4n) is 1.47. The number of hydrogen-bond donors (Lipinski definition) is 1. The first-order valence-corrected chi connectivity index (χ1v) is 4.96. The molecule has 1 rings (SSSR count). The molecule has 0 saturated heterocycles. The van der Waals surface area contributed by atoms with Gasteiger partial charge in [-0.05, 0) is 26.5 Å². The smallest absolute Gasteiger partial charge is 0.146 e. The van der Waals surface area contributed by atoms with E-state index >= 15 is 0 Å². The molecule has 1 unspecified atom stereocenters. The van der Waals surface area contributed by atoms with E-state index in [9.17, 15) is 4.39 Å². The number of pyridine rings is 1. The summed E-state index contributed by atoms with van der Waals surface area (Å²) in [6.45, 7) is 1.81. The van der Waals surface area contributed by atoms with Gasteiger partial charge >= 0.3 is 0 Å². The summed E-state index contributed by atoms with van der Waals surface area (Å²) in [5.41, 5.74) is 0.658. The second-order valence-corrected chi connectivity index (χ2v) is 3.20. The Morgan fingerprint density at radius 3 is 3.00 bits per heavy atom. The van der Waals surface area contributed by atoms with E-state index in [0.29, 0.717) is 5.56 Å². The van der Waals surface area contributed by atoms with Crippen molar-refractivity contribution in [2.24, 2.45) is 0 Å². The van der Waals surface area contributed by atoms with E-state index < -0.39 is 0 Å². The fraction of sp³-hybridized carbons (Fsp3) is 0.417. The van der Waals surface area contributed by atoms with Crippen LogP contribution >= 0.6 is 0 Å². The lowest BCUT2D eigenvalue weighted by molar-refractivity contribution is 0.511. The van der Waals surface area contributed by atoms with Gasteiger partial charge < -0.3 is 5.32 Å². The van der Waals surface area contributed by atoms with Crippen LogP contribution in [0.3, 0.4) is 0 Å². The van der Waals surface area contributed by atoms with Crippen LogP contribution in [0.25, 0.3) is 0 Å². The molecule has 0 amide bonds. The van der Waals surface area contributed by atoms with Gasteiger partial charge in [0.2, 0.25) is 0 Å². The Hall–Kier alpha value is -1.40. The summed E-state index contributed by atoms with van der Waals surface area (Å²) in [5.74, 6) is 5.54. The number of nitrogens with one attached hydrogen (secondary N) is 1. The van der Waals surface area contributed by atoms with E-state index in [-0.39, 0.29) is 11.9 Å². The van der Waals surface area contributed by atoms with Gasteiger partial charge in [-0.15, -0.1) is 11.8 Å². The highest BCUT2D eigenvalue weighted by Gasteiger charge is 2.12. The van der Waals surface area contributed by atoms with Crippen LogP contribution in [0, 0.1) is 17.7 Å². The van der Waals surface area contributed by atoms with Gasteiger partial charge in [0.15, 0.2) is 0 Å². The molecule has 80 valence electrons. The van der Waals surface area contributed by atoms with Gasteiger partial charge in [-0.2, -0.15) is 0 Å². The van der Waals surface area contributed by atoms with Crippen LogP contribution in [0.2, 0.25) is 0 Å². The lowest BCUT2D eigenvalue weighted by Gasteiger charge is -2.15. The summed E-state index contributed by atoms with van der Waals surface area (Å²) in [6, 6.07) is 1.71. The third-order valence-corrected chi connectivity index (χ3v) is 2.26. The molecule has 0 fully saturated rings. The van der Waals surface area contributed by atoms with E-state index in [1.54, 1.807) is 19.2 Å². The van der Waals surface area contributed by atoms with Gasteiger partial charge in [0.25, 0.3) is 0 Å². The highest BCUT2D eigenvalue weighted by molar-refractivity contribution is 5.17. The van der Waals surface area contributed by atoms with Crippen LogP contribution in [0.5, 0.6) is 0 Å². The van der Waals surface area contributed by atoms with Crippen molar-refractivity contribution in [2.75, 3.05) is 7.05 Å². The van der Waals surface area contributed by atoms with E-state index in [4.69, 9.17) is 0 Å². The lowest BCUT2D eigenvalue weighted by Crippen LogP contribution is -2.17. The fourth-order valence-corrected chi connectivity index (χ4v) is 1.47. The van der Waals surface area contributed by atoms with Crippen molar-refractivity contribution in [3.8, 4) is 11.8 Å². The molecular weight excluding hydrogens is 191 g/mol. The topological polar surface area (TPSA) is 24.9 Å². The Kier molecular flexibility index (Phi) is 4.79. The molecule has 1 heterocycles. The van der Waals surface area contributed by atoms with Crippen LogP contribution < -0.4 is 5.32 Å². The molecule has 1 N–H and O–H groups in total. The number of halogens is 1. The first-order valence-electron chi connectivity index (χ1n) is 4.96. The average Bonchev–Trinajstić information content (AvgIpc) is 2.26. The minimum absolute atomic E-state index is 0.00819. The monoisotopic (exact) mass is 206 g/mol. The molecule has 0 spiro atoms. The molecule has 0 aromatic carbocycles. The van der Waals surface area contributed by atoms with Gasteiger partial charge in [0.1, 0.15) is 5.82 Å². The third kappa shape index (κ3) is 3.34. The zero-order valence-electron chi connectivity index (χ0n) is 9.05. The lowest BCUT2D eigenvalue weighted by atomic mass is 10.0. The van der Waals surface area contributed by atoms with Gasteiger partial charge in [0, 0.05) is 24.2 Å². The van der Waals surface area contributed by atoms with Crippen molar-refractivity contribution in [1.82, 2.24) is 10.3 Å². The Morgan fingerprint density at radius 2 is 2.40 bits per heavy atom. The standard InChI is InChI=1S/C12H15FN2/c1-3-4-5-6-12(14-2)10-7-8-15-9-11(10)13/h7-9,12,14H,5-6H2,1-2H3. The molecule has 3 heteroatoms. The van der Waals surface area contributed by atoms with E-state index in [2.05, 4.69) is 22.1 Å². The predicted octanol–water partition coefficient (Wildman–Crippen LogP) is 2.28. The Morgan fingerprint density at radius 1 is 1.60 bits per heavy atom. The molecule has 1 aromatic rings. The maximum absolute atomic E-state index is 13.4. The first kappa shape index (κ1) is 11.7. The largest absolute Gasteiger partial charge is 0.313 e. The molecule has 2 nitrogen and oxygen atoms in total. The van der Waals surface area contributed by atoms with Crippen LogP contribution in [-0.2, 0) is 0 Å². The van der Waals surface area contributed by atoms with Gasteiger partial charge in [0.05, 0.1) is 6.20 Å². The Balaban J connectivity index is 2.72. The van der Waals surface area contributed by atoms with Gasteiger partial charge in [-0.1, -0.05) is 0 Å². The number of aromatic nitrogens is 1. The van der Waals surface area contributed by atoms with Crippen molar-refractivity contribution in [3.05, 3.63) is 29.8 Å². The molecular formula is C12H15FN2. The van der Waals surface area contributed by atoms with Gasteiger partial charge in [-0.25, -0.2) is 4.39 Å². The van der Waals surface area contributed by atoms with E-state index in [1.807, 2.05) is 7.05 Å². The van der Waals surface area contributed by atoms with Crippen molar-refractivity contribution >= 4 is 0 Å². The maximum Gasteiger partial charge on any atom is 0.146 e. The summed E-state index contributed by atoms with van der Waals surface area (Å²) in [6.07, 6.45) is 4.42. The van der Waals surface area contributed by atoms with Crippen molar-refractivity contribution in [3.63, 3.8) is 0 Å². The highest BCUT2D eigenvalue weighted by Crippen LogP contribution is 2.19. The third-order valence-electron chi connectivity index (χ3n) is 2.26. The molecule has 0 bridgehead atoms. The molecule has 0 saturated carbocycles. The Labute approximate surface area is 89.9 Å². The summed E-state index contributed by atoms with van der Waals surface area (Å²) in [4.78, 5) is 3.73. The molecule has 0 aliphatic heterocycles. The minimum atomic E-state index is -0.263. The molecule has 1 aromatic heterocycles. The minimum Gasteiger partial charge on any atom is -0.313 e. The average molecular weight is 206 g/mol. The van der Waals surface area contributed by atoms with Crippen molar-refractivity contribution < 1.29 is 4.39 Å². The summed E-state index contributed by atoms with van der Waals surface area (Å²) >= 11 is 0. The van der Waals surface area contributed by atoms with Crippen LogP contribution in [0.1, 0.15) is 31.4 Å². The second-order valence-electron chi connectivity index (χ2n) is 3.20. The number of nitrogens with zero attached hydrogens (tertiary/aromatic N) is 1. The summed E-state index contributed by atoms with van der Waals surface area (Å²) < 4.78 is 13.4. The van der Waals surface area contributed by atoms with E-state index in [1.165, 1.54) is 6.20 Å². The van der Waals surface area contributed by atoms with Crippen molar-refractivity contribution in [2.45, 2.75) is 25.8 Å². The molecule has 0 aliphatic rings. The zero-order valence-corrected chi connectivity index (χ0v) is 9.05. The molecule has 1 atom stereocenters. The first-order chi connectivity index (χ1) is 7.29. The SMILES string of the molecule is CC#CCCC(NC)c1ccncc1F. The predicted molar refractivity (Wildman–Crippen MR) is 58.7 cm³/mol. The molecule has 15 heavy (non-hydrogen) atoms. The molecule has 0 aliphatic carbocycles. The second kappa shape index (κ2) is 6.15. The normalized spacial score (nSPS) is 11.7. The van der Waals surface area contributed by atoms with Crippen LogP contribution in [0.15, 0.2) is 18.5 Å². The van der Waals surface area contributed by atoms with Gasteiger partial charge in [-0.3, -0.25) is 4.98 Å². The Bertz CT molecular complexity index is 365.